The quantitative estimate of drug-likeness (QED) is 0.876. The molecule has 1 amide bonds. The van der Waals surface area contributed by atoms with Crippen LogP contribution in [0.15, 0.2) is 11.6 Å². The summed E-state index contributed by atoms with van der Waals surface area (Å²) in [5.74, 6) is 0.278. The molecule has 5 nitrogen and oxygen atoms in total. The summed E-state index contributed by atoms with van der Waals surface area (Å²) in [6.07, 6.45) is 2.59. The van der Waals surface area contributed by atoms with E-state index in [0.29, 0.717) is 6.54 Å². The zero-order chi connectivity index (χ0) is 13.0. The molecule has 18 heavy (non-hydrogen) atoms. The molecule has 0 aliphatic carbocycles. The van der Waals surface area contributed by atoms with Crippen molar-refractivity contribution in [1.29, 1.82) is 0 Å². The number of carbonyl (C=O) groups excluding carboxylic acids is 1. The van der Waals surface area contributed by atoms with Crippen LogP contribution in [0.4, 0.5) is 5.13 Å². The number of piperazine rings is 1. The van der Waals surface area contributed by atoms with E-state index >= 15 is 0 Å². The third-order valence-electron chi connectivity index (χ3n) is 3.30. The number of carbonyl (C=O) groups is 1. The molecule has 2 N–H and O–H groups in total. The van der Waals surface area contributed by atoms with Crippen molar-refractivity contribution < 1.29 is 4.79 Å². The molecule has 0 radical (unpaired) electrons. The minimum atomic E-state index is 0.0430. The maximum atomic E-state index is 12.1. The van der Waals surface area contributed by atoms with Crippen LogP contribution in [-0.4, -0.2) is 48.5 Å². The van der Waals surface area contributed by atoms with E-state index < -0.39 is 0 Å². The Morgan fingerprint density at radius 3 is 2.78 bits per heavy atom. The highest BCUT2D eigenvalue weighted by atomic mass is 32.1. The van der Waals surface area contributed by atoms with E-state index in [9.17, 15) is 4.79 Å². The highest BCUT2D eigenvalue weighted by Crippen LogP contribution is 2.19. The third kappa shape index (κ3) is 3.00. The lowest BCUT2D eigenvalue weighted by Gasteiger charge is -2.35. The lowest BCUT2D eigenvalue weighted by molar-refractivity contribution is -0.135. The molecule has 6 heteroatoms. The zero-order valence-corrected chi connectivity index (χ0v) is 11.5. The second kappa shape index (κ2) is 6.15. The van der Waals surface area contributed by atoms with Gasteiger partial charge in [-0.1, -0.05) is 6.92 Å². The predicted molar refractivity (Wildman–Crippen MR) is 73.7 cm³/mol. The molecule has 1 aromatic heterocycles. The van der Waals surface area contributed by atoms with E-state index in [2.05, 4.69) is 9.88 Å². The fraction of sp³-hybridized carbons (Fsp3) is 0.667. The molecule has 2 rings (SSSR count). The molecule has 1 unspecified atom stereocenters. The minimum absolute atomic E-state index is 0.0430. The topological polar surface area (TPSA) is 62.5 Å². The van der Waals surface area contributed by atoms with Gasteiger partial charge in [-0.25, -0.2) is 4.98 Å². The standard InChI is InChI=1S/C12H20N4OS/c1-10(2-3-13)11(17)15-5-7-16(8-6-15)12-14-4-9-18-12/h4,9-10H,2-3,5-8,13H2,1H3. The van der Waals surface area contributed by atoms with E-state index in [0.717, 1.165) is 37.7 Å². The number of nitrogens with two attached hydrogens (primary N) is 1. The van der Waals surface area contributed by atoms with Crippen LogP contribution < -0.4 is 10.6 Å². The number of amides is 1. The van der Waals surface area contributed by atoms with Gasteiger partial charge in [0.15, 0.2) is 5.13 Å². The Bertz CT molecular complexity index is 373. The van der Waals surface area contributed by atoms with Crippen LogP contribution >= 0.6 is 11.3 Å². The van der Waals surface area contributed by atoms with Crippen molar-refractivity contribution in [3.05, 3.63) is 11.6 Å². The molecule has 0 spiro atoms. The van der Waals surface area contributed by atoms with E-state index in [4.69, 9.17) is 5.73 Å². The van der Waals surface area contributed by atoms with Crippen LogP contribution in [0.3, 0.4) is 0 Å². The largest absolute Gasteiger partial charge is 0.345 e. The van der Waals surface area contributed by atoms with Gasteiger partial charge in [-0.2, -0.15) is 0 Å². The Morgan fingerprint density at radius 1 is 1.50 bits per heavy atom. The molecule has 1 aromatic rings. The van der Waals surface area contributed by atoms with Gasteiger partial charge >= 0.3 is 0 Å². The van der Waals surface area contributed by atoms with Crippen molar-refractivity contribution in [3.8, 4) is 0 Å². The van der Waals surface area contributed by atoms with E-state index in [1.165, 1.54) is 0 Å². The van der Waals surface area contributed by atoms with Gasteiger partial charge < -0.3 is 15.5 Å². The zero-order valence-electron chi connectivity index (χ0n) is 10.7. The van der Waals surface area contributed by atoms with Crippen LogP contribution in [0.25, 0.3) is 0 Å². The molecular formula is C12H20N4OS. The Hall–Kier alpha value is -1.14. The molecule has 0 bridgehead atoms. The number of hydrogen-bond donors (Lipinski definition) is 1. The summed E-state index contributed by atoms with van der Waals surface area (Å²) in [5, 5.41) is 3.04. The summed E-state index contributed by atoms with van der Waals surface area (Å²) < 4.78 is 0. The molecule has 1 fully saturated rings. The van der Waals surface area contributed by atoms with Crippen molar-refractivity contribution in [2.75, 3.05) is 37.6 Å². The van der Waals surface area contributed by atoms with Crippen LogP contribution in [0.2, 0.25) is 0 Å². The number of hydrogen-bond acceptors (Lipinski definition) is 5. The minimum Gasteiger partial charge on any atom is -0.345 e. The summed E-state index contributed by atoms with van der Waals surface area (Å²) in [4.78, 5) is 20.6. The average Bonchev–Trinajstić information content (AvgIpc) is 2.92. The van der Waals surface area contributed by atoms with E-state index in [1.807, 2.05) is 23.4 Å². The number of anilines is 1. The maximum Gasteiger partial charge on any atom is 0.225 e. The van der Waals surface area contributed by atoms with Crippen molar-refractivity contribution in [2.24, 2.45) is 11.7 Å². The fourth-order valence-electron chi connectivity index (χ4n) is 2.18. The molecule has 1 aliphatic rings. The molecule has 1 aliphatic heterocycles. The van der Waals surface area contributed by atoms with Gasteiger partial charge in [0.05, 0.1) is 0 Å². The lowest BCUT2D eigenvalue weighted by atomic mass is 10.1. The Labute approximate surface area is 112 Å². The van der Waals surface area contributed by atoms with Crippen LogP contribution in [0.5, 0.6) is 0 Å². The van der Waals surface area contributed by atoms with Crippen molar-refractivity contribution >= 4 is 22.4 Å². The fourth-order valence-corrected chi connectivity index (χ4v) is 2.87. The summed E-state index contributed by atoms with van der Waals surface area (Å²) in [5.41, 5.74) is 5.50. The first-order valence-electron chi connectivity index (χ1n) is 6.35. The van der Waals surface area contributed by atoms with Gasteiger partial charge in [-0.3, -0.25) is 4.79 Å². The second-order valence-electron chi connectivity index (χ2n) is 4.61. The van der Waals surface area contributed by atoms with Crippen molar-refractivity contribution in [1.82, 2.24) is 9.88 Å². The molecule has 1 atom stereocenters. The normalized spacial score (nSPS) is 17.9. The van der Waals surface area contributed by atoms with E-state index in [1.54, 1.807) is 11.3 Å². The van der Waals surface area contributed by atoms with Crippen molar-refractivity contribution in [3.63, 3.8) is 0 Å². The van der Waals surface area contributed by atoms with Crippen molar-refractivity contribution in [2.45, 2.75) is 13.3 Å². The predicted octanol–water partition coefficient (Wildman–Crippen LogP) is 0.777. The number of thiazole rings is 1. The SMILES string of the molecule is CC(CCN)C(=O)N1CCN(c2nccs2)CC1. The van der Waals surface area contributed by atoms with Gasteiger partial charge in [-0.05, 0) is 13.0 Å². The Balaban J connectivity index is 1.85. The van der Waals surface area contributed by atoms with E-state index in [-0.39, 0.29) is 11.8 Å². The molecule has 0 aromatic carbocycles. The first-order chi connectivity index (χ1) is 8.72. The highest BCUT2D eigenvalue weighted by Gasteiger charge is 2.25. The molecule has 0 saturated carbocycles. The van der Waals surface area contributed by atoms with Gasteiger partial charge in [0.1, 0.15) is 0 Å². The average molecular weight is 268 g/mol. The highest BCUT2D eigenvalue weighted by molar-refractivity contribution is 7.13. The summed E-state index contributed by atoms with van der Waals surface area (Å²) >= 11 is 1.65. The van der Waals surface area contributed by atoms with Gasteiger partial charge in [0, 0.05) is 43.7 Å². The van der Waals surface area contributed by atoms with Crippen LogP contribution in [0, 0.1) is 5.92 Å². The lowest BCUT2D eigenvalue weighted by Crippen LogP contribution is -2.50. The second-order valence-corrected chi connectivity index (χ2v) is 5.48. The monoisotopic (exact) mass is 268 g/mol. The Morgan fingerprint density at radius 2 is 2.22 bits per heavy atom. The smallest absolute Gasteiger partial charge is 0.225 e. The van der Waals surface area contributed by atoms with Gasteiger partial charge in [-0.15, -0.1) is 11.3 Å². The molecular weight excluding hydrogens is 248 g/mol. The first kappa shape index (κ1) is 13.3. The van der Waals surface area contributed by atoms with Crippen LogP contribution in [-0.2, 0) is 4.79 Å². The third-order valence-corrected chi connectivity index (χ3v) is 4.13. The van der Waals surface area contributed by atoms with Crippen LogP contribution in [0.1, 0.15) is 13.3 Å². The molecule has 2 heterocycles. The number of rotatable bonds is 4. The first-order valence-corrected chi connectivity index (χ1v) is 7.23. The number of aromatic nitrogens is 1. The van der Waals surface area contributed by atoms with Gasteiger partial charge in [0.25, 0.3) is 0 Å². The molecule has 100 valence electrons. The number of nitrogens with zero attached hydrogens (tertiary/aromatic N) is 3. The maximum absolute atomic E-state index is 12.1. The molecule has 1 saturated heterocycles. The summed E-state index contributed by atoms with van der Waals surface area (Å²) in [6, 6.07) is 0. The summed E-state index contributed by atoms with van der Waals surface area (Å²) in [7, 11) is 0. The summed E-state index contributed by atoms with van der Waals surface area (Å²) in [6.45, 7) is 5.85. The van der Waals surface area contributed by atoms with Gasteiger partial charge in [0.2, 0.25) is 5.91 Å². The Kier molecular flexibility index (Phi) is 4.54.